The Morgan fingerprint density at radius 1 is 0.862 bits per heavy atom. The first-order valence-corrected chi connectivity index (χ1v) is 10.7. The monoisotopic (exact) mass is 412 g/mol. The number of halogens is 2. The molecule has 0 aromatic heterocycles. The largest absolute Gasteiger partial charge is 0.466 e. The van der Waals surface area contributed by atoms with Crippen molar-refractivity contribution in [1.29, 1.82) is 0 Å². The second kappa shape index (κ2) is 14.9. The van der Waals surface area contributed by atoms with Crippen LogP contribution in [0, 0.1) is 11.6 Å². The van der Waals surface area contributed by atoms with E-state index >= 15 is 0 Å². The van der Waals surface area contributed by atoms with Crippen molar-refractivity contribution < 1.29 is 27.8 Å². The summed E-state index contributed by atoms with van der Waals surface area (Å²) in [5.41, 5.74) is -0.297. The number of rotatable bonds is 15. The summed E-state index contributed by atoms with van der Waals surface area (Å²) in [6, 6.07) is 3.45. The molecule has 164 valence electrons. The maximum Gasteiger partial charge on any atom is 0.306 e. The highest BCUT2D eigenvalue weighted by molar-refractivity contribution is 5.77. The molecule has 1 unspecified atom stereocenters. The van der Waals surface area contributed by atoms with E-state index in [9.17, 15) is 18.4 Å². The summed E-state index contributed by atoms with van der Waals surface area (Å²) in [4.78, 5) is 23.5. The van der Waals surface area contributed by atoms with Gasteiger partial charge in [0.25, 0.3) is 0 Å². The molecule has 0 radical (unpaired) electrons. The Morgan fingerprint density at radius 3 is 1.97 bits per heavy atom. The quantitative estimate of drug-likeness (QED) is 0.246. The van der Waals surface area contributed by atoms with Crippen LogP contribution in [0.1, 0.15) is 96.1 Å². The molecule has 0 saturated heterocycles. The van der Waals surface area contributed by atoms with E-state index in [0.717, 1.165) is 31.4 Å². The van der Waals surface area contributed by atoms with Gasteiger partial charge in [-0.3, -0.25) is 9.59 Å². The lowest BCUT2D eigenvalue weighted by Gasteiger charge is -2.15. The summed E-state index contributed by atoms with van der Waals surface area (Å²) < 4.78 is 37.5. The lowest BCUT2D eigenvalue weighted by molar-refractivity contribution is -0.153. The first kappa shape index (κ1) is 25.1. The second-order valence-electron chi connectivity index (χ2n) is 7.32. The summed E-state index contributed by atoms with van der Waals surface area (Å²) in [6.07, 6.45) is 9.26. The Labute approximate surface area is 173 Å². The van der Waals surface area contributed by atoms with Crippen molar-refractivity contribution in [2.75, 3.05) is 6.61 Å². The third-order valence-corrected chi connectivity index (χ3v) is 4.76. The van der Waals surface area contributed by atoms with Crippen molar-refractivity contribution in [1.82, 2.24) is 0 Å². The van der Waals surface area contributed by atoms with Gasteiger partial charge in [0.15, 0.2) is 0 Å². The van der Waals surface area contributed by atoms with E-state index < -0.39 is 29.7 Å². The second-order valence-corrected chi connectivity index (χ2v) is 7.32. The molecule has 0 heterocycles. The SMILES string of the molecule is CCCCCCCCCCCOC(=O)CCC(=O)OC(C)c1c(F)cccc1F. The number of hydrogen-bond acceptors (Lipinski definition) is 4. The predicted octanol–water partition coefficient (Wildman–Crippen LogP) is 6.42. The van der Waals surface area contributed by atoms with Crippen molar-refractivity contribution in [3.63, 3.8) is 0 Å². The molecule has 0 spiro atoms. The standard InChI is InChI=1S/C23H34F2O4/c1-3-4-5-6-7-8-9-10-11-17-28-21(26)15-16-22(27)29-18(2)23-19(24)13-12-14-20(23)25/h12-14,18H,3-11,15-17H2,1-2H3. The average molecular weight is 413 g/mol. The van der Waals surface area contributed by atoms with Crippen molar-refractivity contribution in [2.45, 2.75) is 90.6 Å². The number of esters is 2. The van der Waals surface area contributed by atoms with E-state index in [1.807, 2.05) is 0 Å². The molecular weight excluding hydrogens is 378 g/mol. The van der Waals surface area contributed by atoms with E-state index in [-0.39, 0.29) is 18.4 Å². The van der Waals surface area contributed by atoms with Crippen LogP contribution in [0.5, 0.6) is 0 Å². The van der Waals surface area contributed by atoms with Gasteiger partial charge in [-0.15, -0.1) is 0 Å². The van der Waals surface area contributed by atoms with E-state index in [1.54, 1.807) is 0 Å². The Balaban J connectivity index is 2.10. The summed E-state index contributed by atoms with van der Waals surface area (Å²) in [5, 5.41) is 0. The van der Waals surface area contributed by atoms with Crippen LogP contribution < -0.4 is 0 Å². The van der Waals surface area contributed by atoms with Gasteiger partial charge in [0, 0.05) is 0 Å². The van der Waals surface area contributed by atoms with Crippen LogP contribution in [0.4, 0.5) is 8.78 Å². The molecule has 29 heavy (non-hydrogen) atoms. The molecule has 1 aromatic rings. The van der Waals surface area contributed by atoms with Gasteiger partial charge in [-0.2, -0.15) is 0 Å². The zero-order valence-electron chi connectivity index (χ0n) is 17.7. The number of benzene rings is 1. The molecular formula is C23H34F2O4. The lowest BCUT2D eigenvalue weighted by atomic mass is 10.1. The van der Waals surface area contributed by atoms with Crippen molar-refractivity contribution in [2.24, 2.45) is 0 Å². The highest BCUT2D eigenvalue weighted by Crippen LogP contribution is 2.23. The van der Waals surface area contributed by atoms with Gasteiger partial charge in [0.2, 0.25) is 0 Å². The normalized spacial score (nSPS) is 11.9. The molecule has 1 rings (SSSR count). The fourth-order valence-electron chi connectivity index (χ4n) is 3.09. The van der Waals surface area contributed by atoms with Gasteiger partial charge in [-0.1, -0.05) is 64.4 Å². The molecule has 4 nitrogen and oxygen atoms in total. The van der Waals surface area contributed by atoms with Gasteiger partial charge in [0.1, 0.15) is 17.7 Å². The van der Waals surface area contributed by atoms with Crippen LogP contribution in [0.2, 0.25) is 0 Å². The minimum atomic E-state index is -1.07. The Kier molecular flexibility index (Phi) is 12.9. The zero-order chi connectivity index (χ0) is 21.5. The van der Waals surface area contributed by atoms with Crippen LogP contribution in [0.15, 0.2) is 18.2 Å². The summed E-state index contributed by atoms with van der Waals surface area (Å²) >= 11 is 0. The molecule has 0 aliphatic carbocycles. The van der Waals surface area contributed by atoms with Gasteiger partial charge in [-0.05, 0) is 25.5 Å². The highest BCUT2D eigenvalue weighted by atomic mass is 19.1. The third kappa shape index (κ3) is 11.0. The molecule has 6 heteroatoms. The smallest absolute Gasteiger partial charge is 0.306 e. The number of unbranched alkanes of at least 4 members (excludes halogenated alkanes) is 8. The fraction of sp³-hybridized carbons (Fsp3) is 0.652. The Morgan fingerprint density at radius 2 is 1.38 bits per heavy atom. The first-order valence-electron chi connectivity index (χ1n) is 10.7. The molecule has 0 bridgehead atoms. The van der Waals surface area contributed by atoms with Gasteiger partial charge >= 0.3 is 11.9 Å². The maximum absolute atomic E-state index is 13.7. The van der Waals surface area contributed by atoms with Crippen LogP contribution in [0.25, 0.3) is 0 Å². The average Bonchev–Trinajstić information content (AvgIpc) is 2.67. The van der Waals surface area contributed by atoms with Crippen LogP contribution >= 0.6 is 0 Å². The van der Waals surface area contributed by atoms with Crippen LogP contribution in [-0.2, 0) is 19.1 Å². The van der Waals surface area contributed by atoms with Crippen molar-refractivity contribution >= 4 is 11.9 Å². The summed E-state index contributed by atoms with van der Waals surface area (Å²) in [5.74, 6) is -2.71. The number of carbonyl (C=O) groups is 2. The summed E-state index contributed by atoms with van der Waals surface area (Å²) in [6.45, 7) is 3.94. The van der Waals surface area contributed by atoms with E-state index in [0.29, 0.717) is 6.61 Å². The molecule has 0 N–H and O–H groups in total. The Hall–Kier alpha value is -1.98. The third-order valence-electron chi connectivity index (χ3n) is 4.76. The number of ether oxygens (including phenoxy) is 2. The lowest BCUT2D eigenvalue weighted by Crippen LogP contribution is -2.14. The topological polar surface area (TPSA) is 52.6 Å². The molecule has 0 saturated carbocycles. The fourth-order valence-corrected chi connectivity index (χ4v) is 3.09. The number of hydrogen-bond donors (Lipinski definition) is 0. The molecule has 1 aromatic carbocycles. The van der Waals surface area contributed by atoms with Gasteiger partial charge in [-0.25, -0.2) is 8.78 Å². The molecule has 0 fully saturated rings. The van der Waals surface area contributed by atoms with E-state index in [1.165, 1.54) is 51.5 Å². The number of carbonyl (C=O) groups excluding carboxylic acids is 2. The van der Waals surface area contributed by atoms with Crippen molar-refractivity contribution in [3.05, 3.63) is 35.4 Å². The minimum absolute atomic E-state index is 0.108. The van der Waals surface area contributed by atoms with E-state index in [2.05, 4.69) is 6.92 Å². The zero-order valence-corrected chi connectivity index (χ0v) is 17.7. The molecule has 1 atom stereocenters. The first-order chi connectivity index (χ1) is 14.0. The molecule has 0 aliphatic rings. The van der Waals surface area contributed by atoms with Crippen molar-refractivity contribution in [3.8, 4) is 0 Å². The molecule has 0 amide bonds. The van der Waals surface area contributed by atoms with Crippen LogP contribution in [-0.4, -0.2) is 18.5 Å². The Bertz CT molecular complexity index is 599. The van der Waals surface area contributed by atoms with Gasteiger partial charge in [0.05, 0.1) is 25.0 Å². The van der Waals surface area contributed by atoms with Gasteiger partial charge < -0.3 is 9.47 Å². The highest BCUT2D eigenvalue weighted by Gasteiger charge is 2.20. The van der Waals surface area contributed by atoms with E-state index in [4.69, 9.17) is 9.47 Å². The maximum atomic E-state index is 13.7. The molecule has 0 aliphatic heterocycles. The predicted molar refractivity (Wildman–Crippen MR) is 108 cm³/mol. The summed E-state index contributed by atoms with van der Waals surface area (Å²) in [7, 11) is 0. The minimum Gasteiger partial charge on any atom is -0.466 e. The van der Waals surface area contributed by atoms with Crippen LogP contribution in [0.3, 0.4) is 0 Å².